The Kier molecular flexibility index (Phi) is 45.3. The SMILES string of the molecule is CC(=Nc1c(C)cccc1C)/C(C)=C(/C)[N-]c1c(C)cccc1C.CC(=Nc1c(C)cccc1C)/C(C)=C(/C)[N-]c1c(C)cccc1C.CC(=Nc1c(C)cccc1C)/C(C)=C(/C)[N-]c1c(C)cccc1C.[Fe+2].[Fe+2].[Fe+2].[Fe+2].[Rb+].[S-2].[S-2].[S-2]. The summed E-state index contributed by atoms with van der Waals surface area (Å²) in [4.78, 5) is 14.6. The van der Waals surface area contributed by atoms with E-state index in [1.165, 1.54) is 66.8 Å². The first kappa shape index (κ1) is 86.7. The molecular weight excluding hydrogens is 1280 g/mol. The average molecular weight is 1360 g/mol. The summed E-state index contributed by atoms with van der Waals surface area (Å²) in [7, 11) is 0. The molecule has 0 saturated carbocycles. The molecular formula is C66H81Fe4N6RbS3. The first-order chi connectivity index (χ1) is 33.9. The first-order valence-electron chi connectivity index (χ1n) is 25.1. The van der Waals surface area contributed by atoms with Crippen molar-refractivity contribution >= 4 is 91.7 Å². The second-order valence-electron chi connectivity index (χ2n) is 19.5. The molecule has 6 nitrogen and oxygen atoms in total. The first-order valence-corrected chi connectivity index (χ1v) is 25.1. The smallest absolute Gasteiger partial charge is 2.00 e. The molecule has 6 rings (SSSR count). The van der Waals surface area contributed by atoms with Crippen LogP contribution in [0, 0.1) is 83.1 Å². The fourth-order valence-electron chi connectivity index (χ4n) is 8.19. The molecule has 0 bridgehead atoms. The molecule has 0 amide bonds. The second-order valence-corrected chi connectivity index (χ2v) is 19.5. The standard InChI is InChI=1S/3C22H27N2.4Fe.Rb.3S/c3*1-14-10-8-11-15(2)21(14)23-19(6)18(5)20(7)24-22-16(3)12-9-13-17(22)4;;;;;;;;/h3*8-13H,1-7H3;;;;;;;;/q3*-1;4*+2;+1;3*-2/b3*19-18-,24-20?;;;;;;;;. The molecule has 0 atom stereocenters. The molecule has 0 spiro atoms. The summed E-state index contributed by atoms with van der Waals surface area (Å²) >= 11 is 0. The molecule has 0 aliphatic heterocycles. The van der Waals surface area contributed by atoms with Crippen LogP contribution in [0.3, 0.4) is 0 Å². The van der Waals surface area contributed by atoms with Crippen molar-refractivity contribution in [3.05, 3.63) is 226 Å². The van der Waals surface area contributed by atoms with E-state index in [-0.39, 0.29) is 167 Å². The Morgan fingerprint density at radius 2 is 0.400 bits per heavy atom. The van der Waals surface area contributed by atoms with E-state index in [2.05, 4.69) is 255 Å². The van der Waals surface area contributed by atoms with Gasteiger partial charge in [0.25, 0.3) is 0 Å². The van der Waals surface area contributed by atoms with Crippen LogP contribution in [0.15, 0.2) is 158 Å². The summed E-state index contributed by atoms with van der Waals surface area (Å²) in [6.07, 6.45) is 0. The molecule has 14 heteroatoms. The van der Waals surface area contributed by atoms with Crippen molar-refractivity contribution in [1.29, 1.82) is 0 Å². The van der Waals surface area contributed by atoms with E-state index in [4.69, 9.17) is 30.9 Å². The maximum absolute atomic E-state index is 4.86. The molecule has 0 heterocycles. The normalized spacial score (nSPS) is 11.6. The average Bonchev–Trinajstić information content (AvgIpc) is 3.33. The van der Waals surface area contributed by atoms with Crippen LogP contribution in [-0.4, -0.2) is 17.1 Å². The molecule has 0 radical (unpaired) electrons. The molecule has 80 heavy (non-hydrogen) atoms. The summed E-state index contributed by atoms with van der Waals surface area (Å²) in [6.45, 7) is 43.9. The molecule has 6 aromatic rings. The van der Waals surface area contributed by atoms with Crippen molar-refractivity contribution in [2.24, 2.45) is 15.0 Å². The van der Waals surface area contributed by atoms with Crippen molar-refractivity contribution in [1.82, 2.24) is 0 Å². The fourth-order valence-corrected chi connectivity index (χ4v) is 8.19. The number of hydrogen-bond donors (Lipinski definition) is 0. The maximum Gasteiger partial charge on any atom is 2.00 e. The van der Waals surface area contributed by atoms with E-state index in [0.717, 1.165) is 85.1 Å². The van der Waals surface area contributed by atoms with Crippen LogP contribution in [0.25, 0.3) is 16.0 Å². The van der Waals surface area contributed by atoms with Crippen molar-refractivity contribution in [2.75, 3.05) is 0 Å². The molecule has 0 fully saturated rings. The topological polar surface area (TPSA) is 79.4 Å². The number of nitrogens with zero attached hydrogens (tertiary/aromatic N) is 6. The van der Waals surface area contributed by atoms with Gasteiger partial charge in [-0.3, -0.25) is 15.0 Å². The zero-order valence-electron chi connectivity index (χ0n) is 51.2. The van der Waals surface area contributed by atoms with Gasteiger partial charge in [0.05, 0.1) is 17.1 Å². The van der Waals surface area contributed by atoms with Gasteiger partial charge < -0.3 is 56.4 Å². The molecule has 426 valence electrons. The Labute approximate surface area is 596 Å². The van der Waals surface area contributed by atoms with E-state index in [1.54, 1.807) is 0 Å². The van der Waals surface area contributed by atoms with Crippen LogP contribution in [0.2, 0.25) is 0 Å². The number of rotatable bonds is 12. The zero-order valence-corrected chi connectivity index (χ0v) is 63.0. The zero-order chi connectivity index (χ0) is 53.6. The van der Waals surface area contributed by atoms with Crippen LogP contribution in [-0.2, 0) is 109 Å². The van der Waals surface area contributed by atoms with Crippen LogP contribution < -0.4 is 58.2 Å². The van der Waals surface area contributed by atoms with Crippen LogP contribution in [0.5, 0.6) is 0 Å². The van der Waals surface area contributed by atoms with Crippen molar-refractivity contribution < 1.29 is 126 Å². The van der Waals surface area contributed by atoms with Crippen LogP contribution in [0.1, 0.15) is 129 Å². The van der Waals surface area contributed by atoms with Gasteiger partial charge in [0, 0.05) is 17.1 Å². The van der Waals surface area contributed by atoms with Gasteiger partial charge in [0.15, 0.2) is 0 Å². The predicted molar refractivity (Wildman–Crippen MR) is 340 cm³/mol. The second kappa shape index (κ2) is 41.8. The van der Waals surface area contributed by atoms with Crippen LogP contribution in [0.4, 0.5) is 34.1 Å². The van der Waals surface area contributed by atoms with E-state index >= 15 is 0 Å². The minimum Gasteiger partial charge on any atom is -2.00 e. The van der Waals surface area contributed by atoms with Crippen molar-refractivity contribution in [2.45, 2.75) is 145 Å². The Balaban J connectivity index is -0.000000335. The predicted octanol–water partition coefficient (Wildman–Crippen LogP) is 18.0. The summed E-state index contributed by atoms with van der Waals surface area (Å²) in [5.41, 5.74) is 30.2. The molecule has 0 aliphatic rings. The van der Waals surface area contributed by atoms with Crippen LogP contribution >= 0.6 is 0 Å². The van der Waals surface area contributed by atoms with Gasteiger partial charge in [-0.05, 0) is 175 Å². The van der Waals surface area contributed by atoms with Gasteiger partial charge >= 0.3 is 126 Å². The van der Waals surface area contributed by atoms with Gasteiger partial charge in [-0.15, -0.1) is 17.1 Å². The minimum absolute atomic E-state index is 0. The summed E-state index contributed by atoms with van der Waals surface area (Å²) in [6, 6.07) is 37.7. The maximum atomic E-state index is 4.86. The third-order valence-corrected chi connectivity index (χ3v) is 13.6. The summed E-state index contributed by atoms with van der Waals surface area (Å²) < 4.78 is 0. The van der Waals surface area contributed by atoms with Gasteiger partial charge in [-0.1, -0.05) is 163 Å². The number of aliphatic imine (C=N–C) groups is 3. The summed E-state index contributed by atoms with van der Waals surface area (Å²) in [5.74, 6) is 0. The number of hydrogen-bond acceptors (Lipinski definition) is 3. The largest absolute Gasteiger partial charge is 2.00 e. The molecule has 6 aromatic carbocycles. The van der Waals surface area contributed by atoms with E-state index in [0.29, 0.717) is 0 Å². The molecule has 0 unspecified atom stereocenters. The Morgan fingerprint density at radius 3 is 0.550 bits per heavy atom. The summed E-state index contributed by atoms with van der Waals surface area (Å²) in [5, 5.41) is 14.6. The van der Waals surface area contributed by atoms with Gasteiger partial charge in [-0.25, -0.2) is 0 Å². The number of benzene rings is 6. The Morgan fingerprint density at radius 1 is 0.263 bits per heavy atom. The number of allylic oxidation sites excluding steroid dienone is 6. The van der Waals surface area contributed by atoms with Gasteiger partial charge in [0.1, 0.15) is 0 Å². The minimum atomic E-state index is 0. The van der Waals surface area contributed by atoms with E-state index < -0.39 is 0 Å². The molecule has 0 saturated heterocycles. The van der Waals surface area contributed by atoms with Gasteiger partial charge in [-0.2, -0.15) is 17.1 Å². The number of aryl methyl sites for hydroxylation is 12. The van der Waals surface area contributed by atoms with E-state index in [1.807, 2.05) is 0 Å². The third-order valence-electron chi connectivity index (χ3n) is 13.6. The molecule has 0 N–H and O–H groups in total. The quantitative estimate of drug-likeness (QED) is 0.0864. The van der Waals surface area contributed by atoms with Crippen molar-refractivity contribution in [3.63, 3.8) is 0 Å². The Hall–Kier alpha value is -2.12. The van der Waals surface area contributed by atoms with E-state index in [9.17, 15) is 0 Å². The third kappa shape index (κ3) is 25.2. The monoisotopic (exact) mass is 1360 g/mol. The van der Waals surface area contributed by atoms with Gasteiger partial charge in [0.2, 0.25) is 0 Å². The van der Waals surface area contributed by atoms with Crippen molar-refractivity contribution in [3.8, 4) is 0 Å². The molecule has 0 aliphatic carbocycles. The Bertz CT molecular complexity index is 2690. The fraction of sp³-hybridized carbons (Fsp3) is 0.318. The number of para-hydroxylation sites is 6. The molecule has 0 aromatic heterocycles.